The zero-order chi connectivity index (χ0) is 17.6. The Labute approximate surface area is 147 Å². The summed E-state index contributed by atoms with van der Waals surface area (Å²) in [7, 11) is 0. The van der Waals surface area contributed by atoms with Crippen molar-refractivity contribution in [3.63, 3.8) is 0 Å². The number of para-hydroxylation sites is 2. The monoisotopic (exact) mass is 358 g/mol. The normalized spacial score (nSPS) is 10.6. The minimum Gasteiger partial charge on any atom is -0.483 e. The van der Waals surface area contributed by atoms with E-state index in [0.717, 1.165) is 5.69 Å². The topological polar surface area (TPSA) is 83.0 Å². The fourth-order valence-electron chi connectivity index (χ4n) is 2.16. The highest BCUT2D eigenvalue weighted by Gasteiger charge is 2.16. The highest BCUT2D eigenvalue weighted by molar-refractivity contribution is 7.99. The molecule has 0 aliphatic carbocycles. The van der Waals surface area contributed by atoms with Crippen molar-refractivity contribution < 1.29 is 13.9 Å². The van der Waals surface area contributed by atoms with Crippen molar-refractivity contribution in [3.8, 4) is 11.4 Å². The maximum atomic E-state index is 13.7. The summed E-state index contributed by atoms with van der Waals surface area (Å²) in [6.07, 6.45) is 0. The highest BCUT2D eigenvalue weighted by atomic mass is 32.2. The van der Waals surface area contributed by atoms with Crippen LogP contribution >= 0.6 is 11.8 Å². The van der Waals surface area contributed by atoms with Crippen LogP contribution in [-0.2, 0) is 11.4 Å². The molecule has 0 fully saturated rings. The molecule has 6 nitrogen and oxygen atoms in total. The molecule has 0 saturated carbocycles. The maximum absolute atomic E-state index is 13.7. The van der Waals surface area contributed by atoms with E-state index >= 15 is 0 Å². The van der Waals surface area contributed by atoms with Crippen LogP contribution < -0.4 is 10.5 Å². The summed E-state index contributed by atoms with van der Waals surface area (Å²) in [5.41, 5.74) is 6.02. The van der Waals surface area contributed by atoms with Gasteiger partial charge in [0.2, 0.25) is 5.91 Å². The second-order valence-electron chi connectivity index (χ2n) is 5.04. The number of amides is 1. The Morgan fingerprint density at radius 2 is 1.84 bits per heavy atom. The molecule has 0 spiro atoms. The number of ether oxygens (including phenoxy) is 1. The fourth-order valence-corrected chi connectivity index (χ4v) is 2.87. The molecule has 0 aliphatic heterocycles. The molecule has 3 aromatic rings. The van der Waals surface area contributed by atoms with Gasteiger partial charge in [0.1, 0.15) is 6.61 Å². The van der Waals surface area contributed by atoms with E-state index in [1.165, 1.54) is 17.8 Å². The third kappa shape index (κ3) is 4.16. The number of rotatable bonds is 7. The zero-order valence-corrected chi connectivity index (χ0v) is 13.9. The number of hydrogen-bond acceptors (Lipinski definition) is 5. The predicted molar refractivity (Wildman–Crippen MR) is 92.0 cm³/mol. The number of nitrogens with zero attached hydrogens (tertiary/aromatic N) is 3. The zero-order valence-electron chi connectivity index (χ0n) is 13.1. The number of carbonyl (C=O) groups is 1. The van der Waals surface area contributed by atoms with Gasteiger partial charge in [-0.25, -0.2) is 4.39 Å². The van der Waals surface area contributed by atoms with Gasteiger partial charge in [-0.05, 0) is 24.3 Å². The van der Waals surface area contributed by atoms with Gasteiger partial charge in [0.25, 0.3) is 0 Å². The Balaban J connectivity index is 1.88. The number of hydrogen-bond donors (Lipinski definition) is 1. The van der Waals surface area contributed by atoms with Gasteiger partial charge in [-0.15, -0.1) is 10.2 Å². The molecule has 1 amide bonds. The molecular weight excluding hydrogens is 343 g/mol. The van der Waals surface area contributed by atoms with Gasteiger partial charge in [0.05, 0.1) is 5.75 Å². The minimum atomic E-state index is -0.448. The first kappa shape index (κ1) is 17.0. The Kier molecular flexibility index (Phi) is 5.30. The maximum Gasteiger partial charge on any atom is 0.227 e. The van der Waals surface area contributed by atoms with E-state index in [-0.39, 0.29) is 18.1 Å². The third-order valence-electron chi connectivity index (χ3n) is 3.25. The molecule has 8 heteroatoms. The number of nitrogens with two attached hydrogens (primary N) is 1. The summed E-state index contributed by atoms with van der Waals surface area (Å²) in [5, 5.41) is 8.71. The third-order valence-corrected chi connectivity index (χ3v) is 4.20. The van der Waals surface area contributed by atoms with Crippen LogP contribution in [0.15, 0.2) is 59.8 Å². The first-order chi connectivity index (χ1) is 12.1. The molecule has 0 radical (unpaired) electrons. The molecule has 2 aromatic carbocycles. The first-order valence-electron chi connectivity index (χ1n) is 7.43. The van der Waals surface area contributed by atoms with Gasteiger partial charge in [0.15, 0.2) is 22.5 Å². The first-order valence-corrected chi connectivity index (χ1v) is 8.42. The molecule has 0 atom stereocenters. The smallest absolute Gasteiger partial charge is 0.227 e. The lowest BCUT2D eigenvalue weighted by Gasteiger charge is -2.11. The molecule has 0 unspecified atom stereocenters. The summed E-state index contributed by atoms with van der Waals surface area (Å²) in [6.45, 7) is 0.0277. The predicted octanol–water partition coefficient (Wildman–Crippen LogP) is 2.56. The standard InChI is InChI=1S/C17H15FN4O2S/c18-13-8-4-5-9-14(13)24-10-16-20-21-17(25-11-15(19)23)22(16)12-6-2-1-3-7-12/h1-9H,10-11H2,(H2,19,23). The van der Waals surface area contributed by atoms with E-state index < -0.39 is 11.7 Å². The quantitative estimate of drug-likeness (QED) is 0.656. The van der Waals surface area contributed by atoms with Crippen molar-refractivity contribution in [2.24, 2.45) is 5.73 Å². The molecule has 0 saturated heterocycles. The molecule has 25 heavy (non-hydrogen) atoms. The number of aromatic nitrogens is 3. The van der Waals surface area contributed by atoms with Crippen LogP contribution in [0.1, 0.15) is 5.82 Å². The number of primary amides is 1. The largest absolute Gasteiger partial charge is 0.483 e. The van der Waals surface area contributed by atoms with Crippen molar-refractivity contribution in [1.82, 2.24) is 14.8 Å². The number of thioether (sulfide) groups is 1. The average molecular weight is 358 g/mol. The summed E-state index contributed by atoms with van der Waals surface area (Å²) in [5.74, 6) is -0.190. The van der Waals surface area contributed by atoms with Gasteiger partial charge in [-0.3, -0.25) is 9.36 Å². The van der Waals surface area contributed by atoms with Crippen molar-refractivity contribution in [2.75, 3.05) is 5.75 Å². The molecule has 128 valence electrons. The molecular formula is C17H15FN4O2S. The van der Waals surface area contributed by atoms with Crippen molar-refractivity contribution in [3.05, 3.63) is 66.2 Å². The Morgan fingerprint density at radius 3 is 2.56 bits per heavy atom. The number of halogens is 1. The van der Waals surface area contributed by atoms with Crippen molar-refractivity contribution in [2.45, 2.75) is 11.8 Å². The average Bonchev–Trinajstić information content (AvgIpc) is 3.03. The van der Waals surface area contributed by atoms with E-state index in [2.05, 4.69) is 10.2 Å². The Morgan fingerprint density at radius 1 is 1.12 bits per heavy atom. The lowest BCUT2D eigenvalue weighted by molar-refractivity contribution is -0.115. The molecule has 0 aliphatic rings. The van der Waals surface area contributed by atoms with Crippen LogP contribution in [0.25, 0.3) is 5.69 Å². The molecule has 0 bridgehead atoms. The molecule has 1 heterocycles. The lowest BCUT2D eigenvalue weighted by atomic mass is 10.3. The van der Waals surface area contributed by atoms with Gasteiger partial charge in [-0.1, -0.05) is 42.1 Å². The van der Waals surface area contributed by atoms with E-state index in [4.69, 9.17) is 10.5 Å². The summed E-state index contributed by atoms with van der Waals surface area (Å²) in [6, 6.07) is 15.5. The summed E-state index contributed by atoms with van der Waals surface area (Å²) < 4.78 is 21.0. The minimum absolute atomic E-state index is 0.0277. The van der Waals surface area contributed by atoms with Crippen LogP contribution in [-0.4, -0.2) is 26.4 Å². The summed E-state index contributed by atoms with van der Waals surface area (Å²) >= 11 is 1.18. The van der Waals surface area contributed by atoms with Crippen LogP contribution in [0.2, 0.25) is 0 Å². The van der Waals surface area contributed by atoms with Gasteiger partial charge in [-0.2, -0.15) is 0 Å². The van der Waals surface area contributed by atoms with Crippen molar-refractivity contribution >= 4 is 17.7 Å². The lowest BCUT2D eigenvalue weighted by Crippen LogP contribution is -2.14. The van der Waals surface area contributed by atoms with E-state index in [1.54, 1.807) is 22.8 Å². The van der Waals surface area contributed by atoms with E-state index in [1.807, 2.05) is 30.3 Å². The van der Waals surface area contributed by atoms with Crippen molar-refractivity contribution in [1.29, 1.82) is 0 Å². The van der Waals surface area contributed by atoms with Crippen LogP contribution in [0.5, 0.6) is 5.75 Å². The number of carbonyl (C=O) groups excluding carboxylic acids is 1. The SMILES string of the molecule is NC(=O)CSc1nnc(COc2ccccc2F)n1-c1ccccc1. The van der Waals surface area contributed by atoms with Gasteiger partial charge in [0, 0.05) is 5.69 Å². The van der Waals surface area contributed by atoms with E-state index in [0.29, 0.717) is 11.0 Å². The Hall–Kier alpha value is -2.87. The molecule has 3 rings (SSSR count). The van der Waals surface area contributed by atoms with Crippen LogP contribution in [0, 0.1) is 5.82 Å². The fraction of sp³-hybridized carbons (Fsp3) is 0.118. The van der Waals surface area contributed by atoms with Gasteiger partial charge < -0.3 is 10.5 Å². The van der Waals surface area contributed by atoms with Crippen LogP contribution in [0.3, 0.4) is 0 Å². The highest BCUT2D eigenvalue weighted by Crippen LogP contribution is 2.23. The second-order valence-corrected chi connectivity index (χ2v) is 5.99. The van der Waals surface area contributed by atoms with Gasteiger partial charge >= 0.3 is 0 Å². The number of benzene rings is 2. The molecule has 1 aromatic heterocycles. The summed E-state index contributed by atoms with van der Waals surface area (Å²) in [4.78, 5) is 11.1. The van der Waals surface area contributed by atoms with E-state index in [9.17, 15) is 9.18 Å². The van der Waals surface area contributed by atoms with Crippen LogP contribution in [0.4, 0.5) is 4.39 Å². The molecule has 2 N–H and O–H groups in total. The Bertz CT molecular complexity index is 870. The second kappa shape index (κ2) is 7.80.